The van der Waals surface area contributed by atoms with Crippen molar-refractivity contribution in [3.63, 3.8) is 0 Å². The van der Waals surface area contributed by atoms with Gasteiger partial charge in [0.25, 0.3) is 5.91 Å². The van der Waals surface area contributed by atoms with Crippen molar-refractivity contribution >= 4 is 11.5 Å². The first-order valence-electron chi connectivity index (χ1n) is 12.1. The Labute approximate surface area is 190 Å². The molecule has 1 saturated carbocycles. The van der Waals surface area contributed by atoms with Crippen LogP contribution in [0.5, 0.6) is 5.75 Å². The number of hydrogen-bond acceptors (Lipinski definition) is 4. The number of carbonyl (C=O) groups is 1. The Morgan fingerprint density at radius 1 is 1.12 bits per heavy atom. The van der Waals surface area contributed by atoms with Crippen molar-refractivity contribution in [1.82, 2.24) is 20.9 Å². The van der Waals surface area contributed by atoms with Gasteiger partial charge in [0, 0.05) is 29.1 Å². The van der Waals surface area contributed by atoms with E-state index in [0.717, 1.165) is 67.2 Å². The van der Waals surface area contributed by atoms with Crippen LogP contribution in [0, 0.1) is 5.92 Å². The van der Waals surface area contributed by atoms with E-state index in [4.69, 9.17) is 4.74 Å². The molecule has 2 aromatic rings. The van der Waals surface area contributed by atoms with Gasteiger partial charge in [-0.15, -0.1) is 0 Å². The molecule has 1 aliphatic carbocycles. The number of piperidine rings is 1. The molecule has 4 N–H and O–H groups in total. The third kappa shape index (κ3) is 4.29. The van der Waals surface area contributed by atoms with Crippen LogP contribution in [-0.4, -0.2) is 36.6 Å². The maximum Gasteiger partial charge on any atom is 0.255 e. The van der Waals surface area contributed by atoms with E-state index in [1.54, 1.807) is 0 Å². The van der Waals surface area contributed by atoms with E-state index in [9.17, 15) is 4.79 Å². The summed E-state index contributed by atoms with van der Waals surface area (Å²) in [7, 11) is 0. The largest absolute Gasteiger partial charge is 0.493 e. The standard InChI is InChI=1S/C26H34N4O2/c1-3-17-6-7-22(32-15-18-4-5-18)21(14-17)24-20-10-13-28-25(20)23(16(2)29-24)26(31)30-19-8-11-27-12-9-19/h6-7,10,13-14,18-19,24,27-29H,3-5,8-9,11-12,15H2,1-2H3,(H,30,31). The van der Waals surface area contributed by atoms with Gasteiger partial charge < -0.3 is 25.7 Å². The van der Waals surface area contributed by atoms with Crippen molar-refractivity contribution in [2.24, 2.45) is 5.92 Å². The molecule has 1 saturated heterocycles. The first-order chi connectivity index (χ1) is 15.6. The normalized spacial score (nSPS) is 21.1. The molecule has 0 bridgehead atoms. The average molecular weight is 435 g/mol. The van der Waals surface area contributed by atoms with Crippen LogP contribution in [0.1, 0.15) is 68.0 Å². The molecule has 1 aromatic carbocycles. The third-order valence-electron chi connectivity index (χ3n) is 6.94. The molecule has 32 heavy (non-hydrogen) atoms. The second-order valence-electron chi connectivity index (χ2n) is 9.36. The number of ether oxygens (including phenoxy) is 1. The molecule has 6 heteroatoms. The van der Waals surface area contributed by atoms with Gasteiger partial charge in [-0.25, -0.2) is 0 Å². The van der Waals surface area contributed by atoms with E-state index in [1.807, 2.05) is 13.1 Å². The van der Waals surface area contributed by atoms with E-state index in [0.29, 0.717) is 11.5 Å². The number of allylic oxidation sites excluding steroid dienone is 1. The number of benzene rings is 1. The zero-order valence-corrected chi connectivity index (χ0v) is 19.1. The van der Waals surface area contributed by atoms with Crippen LogP contribution in [0.15, 0.2) is 36.2 Å². The van der Waals surface area contributed by atoms with E-state index in [1.165, 1.54) is 18.4 Å². The Bertz CT molecular complexity index is 1010. The molecule has 1 unspecified atom stereocenters. The molecule has 3 aliphatic rings. The van der Waals surface area contributed by atoms with Crippen molar-refractivity contribution < 1.29 is 9.53 Å². The number of carbonyl (C=O) groups excluding carboxylic acids is 1. The number of rotatable bonds is 7. The molecule has 1 atom stereocenters. The van der Waals surface area contributed by atoms with Gasteiger partial charge in [0.15, 0.2) is 0 Å². The van der Waals surface area contributed by atoms with Crippen molar-refractivity contribution in [3.05, 3.63) is 58.5 Å². The van der Waals surface area contributed by atoms with Gasteiger partial charge in [-0.05, 0) is 81.8 Å². The predicted octanol–water partition coefficient (Wildman–Crippen LogP) is 3.66. The second-order valence-corrected chi connectivity index (χ2v) is 9.36. The van der Waals surface area contributed by atoms with Crippen LogP contribution in [-0.2, 0) is 11.2 Å². The van der Waals surface area contributed by atoms with Gasteiger partial charge >= 0.3 is 0 Å². The van der Waals surface area contributed by atoms with Gasteiger partial charge in [0.05, 0.1) is 23.9 Å². The van der Waals surface area contributed by atoms with Crippen molar-refractivity contribution in [1.29, 1.82) is 0 Å². The lowest BCUT2D eigenvalue weighted by Gasteiger charge is -2.31. The van der Waals surface area contributed by atoms with Crippen LogP contribution in [0.3, 0.4) is 0 Å². The van der Waals surface area contributed by atoms with E-state index in [2.05, 4.69) is 52.1 Å². The molecule has 2 fully saturated rings. The zero-order valence-electron chi connectivity index (χ0n) is 19.1. The SMILES string of the molecule is CCc1ccc(OCC2CC2)c(C2NC(C)=C(C(=O)NC3CCNCC3)c3[nH]ccc32)c1. The minimum atomic E-state index is -0.0487. The topological polar surface area (TPSA) is 78.2 Å². The fourth-order valence-corrected chi connectivity index (χ4v) is 4.81. The Morgan fingerprint density at radius 3 is 2.69 bits per heavy atom. The number of nitrogens with one attached hydrogen (secondary N) is 4. The highest BCUT2D eigenvalue weighted by atomic mass is 16.5. The summed E-state index contributed by atoms with van der Waals surface area (Å²) in [6.45, 7) is 6.86. The van der Waals surface area contributed by atoms with Gasteiger partial charge in [0.2, 0.25) is 0 Å². The molecule has 0 radical (unpaired) electrons. The Balaban J connectivity index is 1.45. The summed E-state index contributed by atoms with van der Waals surface area (Å²) >= 11 is 0. The van der Waals surface area contributed by atoms with E-state index < -0.39 is 0 Å². The van der Waals surface area contributed by atoms with E-state index in [-0.39, 0.29) is 18.0 Å². The second kappa shape index (κ2) is 9.02. The van der Waals surface area contributed by atoms with Crippen LogP contribution < -0.4 is 20.7 Å². The van der Waals surface area contributed by atoms with Crippen molar-refractivity contribution in [2.45, 2.75) is 58.0 Å². The number of aromatic amines is 1. The Hall–Kier alpha value is -2.73. The summed E-state index contributed by atoms with van der Waals surface area (Å²) < 4.78 is 6.26. The van der Waals surface area contributed by atoms with Crippen LogP contribution in [0.4, 0.5) is 0 Å². The lowest BCUT2D eigenvalue weighted by Crippen LogP contribution is -2.44. The summed E-state index contributed by atoms with van der Waals surface area (Å²) in [5.41, 5.74) is 6.04. The fourth-order valence-electron chi connectivity index (χ4n) is 4.81. The fraction of sp³-hybridized carbons (Fsp3) is 0.500. The number of amides is 1. The minimum Gasteiger partial charge on any atom is -0.493 e. The Kier molecular flexibility index (Phi) is 5.96. The van der Waals surface area contributed by atoms with Crippen molar-refractivity contribution in [3.8, 4) is 5.75 Å². The monoisotopic (exact) mass is 434 g/mol. The smallest absolute Gasteiger partial charge is 0.255 e. The summed E-state index contributed by atoms with van der Waals surface area (Å²) in [4.78, 5) is 16.6. The highest BCUT2D eigenvalue weighted by Crippen LogP contribution is 2.40. The zero-order chi connectivity index (χ0) is 22.1. The lowest BCUT2D eigenvalue weighted by molar-refractivity contribution is -0.116. The molecular formula is C26H34N4O2. The molecule has 1 amide bonds. The van der Waals surface area contributed by atoms with Crippen molar-refractivity contribution in [2.75, 3.05) is 19.7 Å². The van der Waals surface area contributed by atoms with Gasteiger partial charge in [-0.2, -0.15) is 0 Å². The van der Waals surface area contributed by atoms with E-state index >= 15 is 0 Å². The first-order valence-corrected chi connectivity index (χ1v) is 12.1. The first kappa shape index (κ1) is 21.1. The lowest BCUT2D eigenvalue weighted by atomic mass is 9.89. The van der Waals surface area contributed by atoms with Crippen LogP contribution >= 0.6 is 0 Å². The maximum absolute atomic E-state index is 13.3. The Morgan fingerprint density at radius 2 is 1.94 bits per heavy atom. The predicted molar refractivity (Wildman–Crippen MR) is 126 cm³/mol. The summed E-state index contributed by atoms with van der Waals surface area (Å²) in [6.07, 6.45) is 7.38. The molecule has 6 nitrogen and oxygen atoms in total. The van der Waals surface area contributed by atoms with Gasteiger partial charge in [-0.1, -0.05) is 13.0 Å². The number of aromatic nitrogens is 1. The van der Waals surface area contributed by atoms with Gasteiger partial charge in [-0.3, -0.25) is 4.79 Å². The van der Waals surface area contributed by atoms with Gasteiger partial charge in [0.1, 0.15) is 5.75 Å². The number of fused-ring (bicyclic) bond motifs is 1. The average Bonchev–Trinajstić information content (AvgIpc) is 3.52. The number of H-pyrrole nitrogens is 1. The summed E-state index contributed by atoms with van der Waals surface area (Å²) in [5.74, 6) is 1.63. The summed E-state index contributed by atoms with van der Waals surface area (Å²) in [5, 5.41) is 10.3. The van der Waals surface area contributed by atoms with Crippen LogP contribution in [0.25, 0.3) is 5.57 Å². The number of hydrogen-bond donors (Lipinski definition) is 4. The molecule has 170 valence electrons. The maximum atomic E-state index is 13.3. The molecule has 3 heterocycles. The third-order valence-corrected chi connectivity index (χ3v) is 6.94. The quantitative estimate of drug-likeness (QED) is 0.536. The summed E-state index contributed by atoms with van der Waals surface area (Å²) in [6, 6.07) is 8.79. The highest BCUT2D eigenvalue weighted by molar-refractivity contribution is 6.20. The number of aryl methyl sites for hydroxylation is 1. The van der Waals surface area contributed by atoms with Crippen LogP contribution in [0.2, 0.25) is 0 Å². The molecular weight excluding hydrogens is 400 g/mol. The molecule has 5 rings (SSSR count). The molecule has 2 aliphatic heterocycles. The minimum absolute atomic E-state index is 0.00318. The highest BCUT2D eigenvalue weighted by Gasteiger charge is 2.33. The molecule has 1 aromatic heterocycles. The molecule has 0 spiro atoms.